The van der Waals surface area contributed by atoms with Crippen LogP contribution in [0.2, 0.25) is 0 Å². The molecule has 0 saturated carbocycles. The lowest BCUT2D eigenvalue weighted by atomic mass is 9.68. The number of piperidine rings is 1. The predicted octanol–water partition coefficient (Wildman–Crippen LogP) is 2.53. The maximum atomic E-state index is 12.8. The van der Waals surface area contributed by atoms with Gasteiger partial charge in [0.15, 0.2) is 0 Å². The summed E-state index contributed by atoms with van der Waals surface area (Å²) in [7, 11) is 1.32. The van der Waals surface area contributed by atoms with Crippen LogP contribution in [0.4, 0.5) is 0 Å². The molecule has 2 amide bonds. The molecule has 1 aliphatic rings. The lowest BCUT2D eigenvalue weighted by molar-refractivity contribution is -0.166. The highest BCUT2D eigenvalue weighted by molar-refractivity contribution is 5.98. The molecule has 0 atom stereocenters. The van der Waals surface area contributed by atoms with Gasteiger partial charge in [0.1, 0.15) is 5.54 Å². The van der Waals surface area contributed by atoms with Gasteiger partial charge in [0, 0.05) is 36.4 Å². The number of benzene rings is 1. The van der Waals surface area contributed by atoms with E-state index in [-0.39, 0.29) is 24.7 Å². The first-order chi connectivity index (χ1) is 11.9. The lowest BCUT2D eigenvalue weighted by Crippen LogP contribution is -2.72. The average molecular weight is 360 g/mol. The van der Waals surface area contributed by atoms with Crippen LogP contribution in [0.3, 0.4) is 0 Å². The van der Waals surface area contributed by atoms with Crippen molar-refractivity contribution in [3.05, 3.63) is 35.9 Å². The van der Waals surface area contributed by atoms with Crippen LogP contribution >= 0.6 is 0 Å². The fourth-order valence-corrected chi connectivity index (χ4v) is 4.73. The monoisotopic (exact) mass is 360 g/mol. The second kappa shape index (κ2) is 6.74. The van der Waals surface area contributed by atoms with Crippen LogP contribution in [-0.2, 0) is 14.3 Å². The van der Waals surface area contributed by atoms with Crippen LogP contribution in [0, 0.1) is 0 Å². The van der Waals surface area contributed by atoms with E-state index in [2.05, 4.69) is 5.32 Å². The van der Waals surface area contributed by atoms with Crippen molar-refractivity contribution in [2.45, 2.75) is 64.1 Å². The van der Waals surface area contributed by atoms with E-state index in [1.54, 1.807) is 29.2 Å². The zero-order valence-electron chi connectivity index (χ0n) is 16.4. The number of likely N-dealkylation sites (tertiary alicyclic amines) is 1. The molecule has 1 N–H and O–H groups in total. The number of esters is 1. The minimum Gasteiger partial charge on any atom is -0.467 e. The average Bonchev–Trinajstić information content (AvgIpc) is 2.51. The van der Waals surface area contributed by atoms with Gasteiger partial charge in [-0.1, -0.05) is 18.2 Å². The van der Waals surface area contributed by atoms with Crippen molar-refractivity contribution in [2.75, 3.05) is 7.11 Å². The van der Waals surface area contributed by atoms with E-state index in [1.807, 2.05) is 33.8 Å². The molecule has 2 rings (SSSR count). The molecule has 1 aliphatic heterocycles. The van der Waals surface area contributed by atoms with Crippen molar-refractivity contribution in [3.63, 3.8) is 0 Å². The van der Waals surface area contributed by atoms with Crippen molar-refractivity contribution in [2.24, 2.45) is 0 Å². The van der Waals surface area contributed by atoms with Gasteiger partial charge in [-0.3, -0.25) is 9.59 Å². The van der Waals surface area contributed by atoms with Crippen molar-refractivity contribution in [3.8, 4) is 0 Å². The molecule has 0 aliphatic carbocycles. The van der Waals surface area contributed by atoms with Crippen LogP contribution in [0.15, 0.2) is 30.3 Å². The van der Waals surface area contributed by atoms with Crippen molar-refractivity contribution < 1.29 is 19.1 Å². The number of ether oxygens (including phenoxy) is 1. The van der Waals surface area contributed by atoms with Gasteiger partial charge in [-0.05, 0) is 39.8 Å². The first kappa shape index (κ1) is 19.9. The molecule has 0 unspecified atom stereocenters. The molecule has 0 spiro atoms. The highest BCUT2D eigenvalue weighted by atomic mass is 16.5. The summed E-state index contributed by atoms with van der Waals surface area (Å²) < 4.78 is 5.06. The Morgan fingerprint density at radius 2 is 1.50 bits per heavy atom. The third-order valence-corrected chi connectivity index (χ3v) is 4.96. The van der Waals surface area contributed by atoms with Gasteiger partial charge in [0.25, 0.3) is 5.91 Å². The Balaban J connectivity index is 2.46. The Hall–Kier alpha value is -2.37. The number of nitrogens with zero attached hydrogens (tertiary/aromatic N) is 1. The molecule has 1 aromatic carbocycles. The molecule has 1 aromatic rings. The largest absolute Gasteiger partial charge is 0.467 e. The van der Waals surface area contributed by atoms with Crippen LogP contribution < -0.4 is 5.32 Å². The molecule has 0 radical (unpaired) electrons. The molecular weight excluding hydrogens is 332 g/mol. The minimum atomic E-state index is -1.21. The Morgan fingerprint density at radius 3 is 1.92 bits per heavy atom. The van der Waals surface area contributed by atoms with Gasteiger partial charge in [0.2, 0.25) is 5.91 Å². The van der Waals surface area contributed by atoms with Gasteiger partial charge >= 0.3 is 5.97 Å². The van der Waals surface area contributed by atoms with E-state index in [1.165, 1.54) is 14.0 Å². The van der Waals surface area contributed by atoms with Crippen LogP contribution in [0.25, 0.3) is 0 Å². The molecule has 1 saturated heterocycles. The summed E-state index contributed by atoms with van der Waals surface area (Å²) in [5, 5.41) is 2.92. The third-order valence-electron chi connectivity index (χ3n) is 4.96. The Morgan fingerprint density at radius 1 is 1.00 bits per heavy atom. The van der Waals surface area contributed by atoms with E-state index in [9.17, 15) is 14.4 Å². The van der Waals surface area contributed by atoms with Crippen molar-refractivity contribution in [1.29, 1.82) is 0 Å². The molecular formula is C20H28N2O4. The van der Waals surface area contributed by atoms with Gasteiger partial charge < -0.3 is 15.0 Å². The fraction of sp³-hybridized carbons (Fsp3) is 0.550. The minimum absolute atomic E-state index is 0.0622. The van der Waals surface area contributed by atoms with Gasteiger partial charge in [-0.25, -0.2) is 4.79 Å². The first-order valence-corrected chi connectivity index (χ1v) is 8.72. The molecule has 142 valence electrons. The summed E-state index contributed by atoms with van der Waals surface area (Å²) in [5.41, 5.74) is -2.00. The number of amides is 2. The number of rotatable bonds is 3. The van der Waals surface area contributed by atoms with E-state index in [0.29, 0.717) is 5.56 Å². The van der Waals surface area contributed by atoms with E-state index < -0.39 is 22.6 Å². The molecule has 26 heavy (non-hydrogen) atoms. The smallest absolute Gasteiger partial charge is 0.331 e. The summed E-state index contributed by atoms with van der Waals surface area (Å²) in [6.45, 7) is 9.14. The molecule has 0 bridgehead atoms. The second-order valence-electron chi connectivity index (χ2n) is 8.23. The van der Waals surface area contributed by atoms with Crippen LogP contribution in [0.1, 0.15) is 57.8 Å². The number of carbonyl (C=O) groups excluding carboxylic acids is 3. The lowest BCUT2D eigenvalue weighted by Gasteiger charge is -2.58. The highest BCUT2D eigenvalue weighted by Crippen LogP contribution is 2.44. The maximum absolute atomic E-state index is 12.8. The number of nitrogens with one attached hydrogen (secondary N) is 1. The standard InChI is InChI=1S/C20H28N2O4/c1-14(23)22-18(2,3)12-20(17(25)26-6,13-19(22,4)5)21-16(24)15-10-8-7-9-11-15/h7-11H,12-13H2,1-6H3,(H,21,24). The van der Waals surface area contributed by atoms with Crippen molar-refractivity contribution in [1.82, 2.24) is 10.2 Å². The Labute approximate surface area is 154 Å². The Kier molecular flexibility index (Phi) is 5.17. The second-order valence-corrected chi connectivity index (χ2v) is 8.23. The number of methoxy groups -OCH3 is 1. The molecule has 6 nitrogen and oxygen atoms in total. The van der Waals surface area contributed by atoms with Gasteiger partial charge in [-0.15, -0.1) is 0 Å². The predicted molar refractivity (Wildman–Crippen MR) is 98.6 cm³/mol. The normalized spacial score (nSPS) is 20.2. The zero-order chi connectivity index (χ0) is 19.8. The summed E-state index contributed by atoms with van der Waals surface area (Å²) in [5.74, 6) is -0.891. The van der Waals surface area contributed by atoms with Crippen molar-refractivity contribution >= 4 is 17.8 Å². The summed E-state index contributed by atoms with van der Waals surface area (Å²) in [4.78, 5) is 39.6. The SMILES string of the molecule is COC(=O)C1(NC(=O)c2ccccc2)CC(C)(C)N(C(C)=O)C(C)(C)C1. The van der Waals surface area contributed by atoms with Gasteiger partial charge in [-0.2, -0.15) is 0 Å². The maximum Gasteiger partial charge on any atom is 0.331 e. The molecule has 6 heteroatoms. The van der Waals surface area contributed by atoms with E-state index in [0.717, 1.165) is 0 Å². The molecule has 0 aromatic heterocycles. The number of carbonyl (C=O) groups is 3. The summed E-state index contributed by atoms with van der Waals surface area (Å²) in [6.07, 6.45) is 0.544. The van der Waals surface area contributed by atoms with E-state index in [4.69, 9.17) is 4.74 Å². The zero-order valence-corrected chi connectivity index (χ0v) is 16.4. The topological polar surface area (TPSA) is 75.7 Å². The molecule has 1 heterocycles. The quantitative estimate of drug-likeness (QED) is 0.841. The van der Waals surface area contributed by atoms with Crippen LogP contribution in [-0.4, -0.2) is 46.4 Å². The van der Waals surface area contributed by atoms with Gasteiger partial charge in [0.05, 0.1) is 7.11 Å². The summed E-state index contributed by atoms with van der Waals surface area (Å²) >= 11 is 0. The fourth-order valence-electron chi connectivity index (χ4n) is 4.73. The highest BCUT2D eigenvalue weighted by Gasteiger charge is 2.57. The van der Waals surface area contributed by atoms with E-state index >= 15 is 0 Å². The van der Waals surface area contributed by atoms with Crippen LogP contribution in [0.5, 0.6) is 0 Å². The first-order valence-electron chi connectivity index (χ1n) is 8.72. The third kappa shape index (κ3) is 3.59. The Bertz CT molecular complexity index is 692. The number of hydrogen-bond acceptors (Lipinski definition) is 4. The number of hydrogen-bond donors (Lipinski definition) is 1. The molecule has 1 fully saturated rings. The summed E-state index contributed by atoms with van der Waals surface area (Å²) in [6, 6.07) is 8.75.